The van der Waals surface area contributed by atoms with E-state index in [1.165, 1.54) is 29.7 Å². The molecule has 5 heteroatoms. The van der Waals surface area contributed by atoms with E-state index in [2.05, 4.69) is 19.2 Å². The summed E-state index contributed by atoms with van der Waals surface area (Å²) in [7, 11) is 0. The van der Waals surface area contributed by atoms with E-state index in [9.17, 15) is 9.59 Å². The highest BCUT2D eigenvalue weighted by atomic mass is 32.1. The van der Waals surface area contributed by atoms with E-state index >= 15 is 0 Å². The van der Waals surface area contributed by atoms with Gasteiger partial charge in [-0.1, -0.05) is 26.2 Å². The quantitative estimate of drug-likeness (QED) is 0.882. The van der Waals surface area contributed by atoms with E-state index < -0.39 is 0 Å². The first-order valence-electron chi connectivity index (χ1n) is 9.77. The van der Waals surface area contributed by atoms with Crippen molar-refractivity contribution in [1.82, 2.24) is 10.2 Å². The first-order chi connectivity index (χ1) is 12.1. The van der Waals surface area contributed by atoms with Crippen LogP contribution in [0.2, 0.25) is 0 Å². The largest absolute Gasteiger partial charge is 0.348 e. The molecule has 2 aliphatic rings. The van der Waals surface area contributed by atoms with Gasteiger partial charge in [0.1, 0.15) is 0 Å². The van der Waals surface area contributed by atoms with Crippen LogP contribution in [0.4, 0.5) is 0 Å². The number of carbonyl (C=O) groups is 2. The minimum atomic E-state index is 0.0462. The predicted octanol–water partition coefficient (Wildman–Crippen LogP) is 3.92. The fourth-order valence-corrected chi connectivity index (χ4v) is 5.11. The number of aryl methyl sites for hydroxylation is 2. The molecular weight excluding hydrogens is 332 g/mol. The topological polar surface area (TPSA) is 49.4 Å². The molecular formula is C20H30N2O2S. The van der Waals surface area contributed by atoms with Crippen molar-refractivity contribution >= 4 is 23.2 Å². The minimum absolute atomic E-state index is 0.0462. The Kier molecular flexibility index (Phi) is 6.15. The molecule has 3 rings (SSSR count). The molecule has 1 aliphatic carbocycles. The van der Waals surface area contributed by atoms with E-state index in [1.54, 1.807) is 11.3 Å². The molecule has 2 amide bonds. The van der Waals surface area contributed by atoms with Crippen molar-refractivity contribution in [2.75, 3.05) is 13.1 Å². The Hall–Kier alpha value is -1.36. The number of amides is 2. The maximum atomic E-state index is 12.6. The number of likely N-dealkylation sites (tertiary alicyclic amines) is 1. The van der Waals surface area contributed by atoms with Crippen molar-refractivity contribution in [3.63, 3.8) is 0 Å². The van der Waals surface area contributed by atoms with Gasteiger partial charge in [-0.3, -0.25) is 9.59 Å². The number of piperidine rings is 1. The van der Waals surface area contributed by atoms with Crippen molar-refractivity contribution in [1.29, 1.82) is 0 Å². The summed E-state index contributed by atoms with van der Waals surface area (Å²) in [5.74, 6) is 0.650. The SMILES string of the molecule is CCc1sc(C(=O)NC2CCN(C(=O)C3CCCCC3)CC2)cc1C. The molecule has 2 fully saturated rings. The van der Waals surface area contributed by atoms with Crippen LogP contribution in [0.3, 0.4) is 0 Å². The average molecular weight is 363 g/mol. The van der Waals surface area contributed by atoms with Crippen LogP contribution in [-0.4, -0.2) is 35.8 Å². The molecule has 1 aromatic heterocycles. The summed E-state index contributed by atoms with van der Waals surface area (Å²) in [5, 5.41) is 3.17. The van der Waals surface area contributed by atoms with Crippen molar-refractivity contribution in [2.24, 2.45) is 5.92 Å². The average Bonchev–Trinajstić information content (AvgIpc) is 3.03. The smallest absolute Gasteiger partial charge is 0.261 e. The fourth-order valence-electron chi connectivity index (χ4n) is 4.09. The third-order valence-corrected chi connectivity index (χ3v) is 7.04. The molecule has 0 aromatic carbocycles. The summed E-state index contributed by atoms with van der Waals surface area (Å²) in [6.07, 6.45) is 8.52. The van der Waals surface area contributed by atoms with Crippen molar-refractivity contribution in [3.05, 3.63) is 21.4 Å². The number of thiophene rings is 1. The molecule has 25 heavy (non-hydrogen) atoms. The predicted molar refractivity (Wildman–Crippen MR) is 102 cm³/mol. The van der Waals surface area contributed by atoms with Gasteiger partial charge < -0.3 is 10.2 Å². The number of hydrogen-bond donors (Lipinski definition) is 1. The zero-order valence-electron chi connectivity index (χ0n) is 15.5. The van der Waals surface area contributed by atoms with Gasteiger partial charge >= 0.3 is 0 Å². The molecule has 4 nitrogen and oxygen atoms in total. The summed E-state index contributed by atoms with van der Waals surface area (Å²) in [4.78, 5) is 29.2. The second kappa shape index (κ2) is 8.35. The number of nitrogens with zero attached hydrogens (tertiary/aromatic N) is 1. The van der Waals surface area contributed by atoms with E-state index in [0.717, 1.165) is 50.1 Å². The van der Waals surface area contributed by atoms with Crippen molar-refractivity contribution in [3.8, 4) is 0 Å². The number of nitrogens with one attached hydrogen (secondary N) is 1. The van der Waals surface area contributed by atoms with Crippen LogP contribution in [-0.2, 0) is 11.2 Å². The number of carbonyl (C=O) groups excluding carboxylic acids is 2. The molecule has 0 bridgehead atoms. The maximum absolute atomic E-state index is 12.6. The lowest BCUT2D eigenvalue weighted by atomic mass is 9.87. The highest BCUT2D eigenvalue weighted by molar-refractivity contribution is 7.14. The highest BCUT2D eigenvalue weighted by Gasteiger charge is 2.29. The molecule has 2 heterocycles. The monoisotopic (exact) mass is 362 g/mol. The Morgan fingerprint density at radius 3 is 2.44 bits per heavy atom. The zero-order valence-corrected chi connectivity index (χ0v) is 16.3. The highest BCUT2D eigenvalue weighted by Crippen LogP contribution is 2.27. The normalized spacial score (nSPS) is 19.8. The van der Waals surface area contributed by atoms with E-state index in [-0.39, 0.29) is 17.9 Å². The molecule has 1 saturated carbocycles. The van der Waals surface area contributed by atoms with Gasteiger partial charge in [-0.15, -0.1) is 11.3 Å². The first-order valence-corrected chi connectivity index (χ1v) is 10.6. The van der Waals surface area contributed by atoms with Gasteiger partial charge in [-0.25, -0.2) is 0 Å². The van der Waals surface area contributed by atoms with Gasteiger partial charge in [0.2, 0.25) is 5.91 Å². The molecule has 0 unspecified atom stereocenters. The summed E-state index contributed by atoms with van der Waals surface area (Å²) in [6.45, 7) is 5.76. The summed E-state index contributed by atoms with van der Waals surface area (Å²) in [5.41, 5.74) is 1.21. The molecule has 1 N–H and O–H groups in total. The molecule has 138 valence electrons. The van der Waals surface area contributed by atoms with Crippen LogP contribution < -0.4 is 5.32 Å². The first kappa shape index (κ1) is 18.4. The maximum Gasteiger partial charge on any atom is 0.261 e. The van der Waals surface area contributed by atoms with Crippen LogP contribution in [0.15, 0.2) is 6.07 Å². The molecule has 1 aromatic rings. The zero-order chi connectivity index (χ0) is 17.8. The fraction of sp³-hybridized carbons (Fsp3) is 0.700. The van der Waals surface area contributed by atoms with Gasteiger partial charge in [-0.2, -0.15) is 0 Å². The van der Waals surface area contributed by atoms with Crippen LogP contribution in [0.25, 0.3) is 0 Å². The van der Waals surface area contributed by atoms with Crippen LogP contribution in [0.5, 0.6) is 0 Å². The third-order valence-electron chi connectivity index (χ3n) is 5.66. The van der Waals surface area contributed by atoms with E-state index in [0.29, 0.717) is 5.91 Å². The second-order valence-electron chi connectivity index (χ2n) is 7.48. The van der Waals surface area contributed by atoms with Gasteiger partial charge in [0.25, 0.3) is 5.91 Å². The molecule has 0 atom stereocenters. The van der Waals surface area contributed by atoms with Gasteiger partial charge in [-0.05, 0) is 50.7 Å². The van der Waals surface area contributed by atoms with Gasteiger partial charge in [0, 0.05) is 29.9 Å². The number of rotatable bonds is 4. The van der Waals surface area contributed by atoms with Gasteiger partial charge in [0.05, 0.1) is 4.88 Å². The summed E-state index contributed by atoms with van der Waals surface area (Å²) < 4.78 is 0. The van der Waals surface area contributed by atoms with Crippen molar-refractivity contribution < 1.29 is 9.59 Å². The van der Waals surface area contributed by atoms with Crippen LogP contribution >= 0.6 is 11.3 Å². The molecule has 0 spiro atoms. The Labute approximate surface area is 155 Å². The van der Waals surface area contributed by atoms with E-state index in [1.807, 2.05) is 11.0 Å². The Balaban J connectivity index is 1.48. The number of hydrogen-bond acceptors (Lipinski definition) is 3. The summed E-state index contributed by atoms with van der Waals surface area (Å²) in [6, 6.07) is 2.19. The Bertz CT molecular complexity index is 611. The lowest BCUT2D eigenvalue weighted by molar-refractivity contribution is -0.137. The third kappa shape index (κ3) is 4.43. The lowest BCUT2D eigenvalue weighted by Gasteiger charge is -2.35. The Morgan fingerprint density at radius 1 is 1.16 bits per heavy atom. The molecule has 1 saturated heterocycles. The summed E-state index contributed by atoms with van der Waals surface area (Å²) >= 11 is 1.60. The van der Waals surface area contributed by atoms with E-state index in [4.69, 9.17) is 0 Å². The molecule has 0 radical (unpaired) electrons. The van der Waals surface area contributed by atoms with Crippen LogP contribution in [0, 0.1) is 12.8 Å². The van der Waals surface area contributed by atoms with Gasteiger partial charge in [0.15, 0.2) is 0 Å². The minimum Gasteiger partial charge on any atom is -0.348 e. The van der Waals surface area contributed by atoms with Crippen molar-refractivity contribution in [2.45, 2.75) is 71.3 Å². The van der Waals surface area contributed by atoms with Crippen LogP contribution in [0.1, 0.15) is 72.0 Å². The molecule has 1 aliphatic heterocycles. The Morgan fingerprint density at radius 2 is 1.84 bits per heavy atom. The standard InChI is InChI=1S/C20H30N2O2S/c1-3-17-14(2)13-18(25-17)19(23)21-16-9-11-22(12-10-16)20(24)15-7-5-4-6-8-15/h13,15-16H,3-12H2,1-2H3,(H,21,23). The second-order valence-corrected chi connectivity index (χ2v) is 8.62. The lowest BCUT2D eigenvalue weighted by Crippen LogP contribution is -2.48.